The Kier molecular flexibility index (Phi) is 24.2. The number of phosphoric ester groups is 1. The van der Waals surface area contributed by atoms with E-state index < -0.39 is 156 Å². The van der Waals surface area contributed by atoms with Gasteiger partial charge < -0.3 is 90.5 Å². The highest BCUT2D eigenvalue weighted by atomic mass is 31.2. The minimum Gasteiger partial charge on any atom is -0.479 e. The molecule has 3 fully saturated rings. The molecule has 0 bridgehead atoms. The molecule has 0 radical (unpaired) electrons. The second-order valence-corrected chi connectivity index (χ2v) is 18.0. The third-order valence-corrected chi connectivity index (χ3v) is 11.8. The number of rotatable bonds is 26. The van der Waals surface area contributed by atoms with Gasteiger partial charge in [0.2, 0.25) is 17.7 Å². The molecule has 69 heavy (non-hydrogen) atoms. The van der Waals surface area contributed by atoms with Crippen molar-refractivity contribution in [2.24, 2.45) is 10.8 Å². The predicted molar refractivity (Wildman–Crippen MR) is 232 cm³/mol. The molecule has 17 atom stereocenters. The lowest BCUT2D eigenvalue weighted by atomic mass is 9.94. The third-order valence-electron chi connectivity index (χ3n) is 10.9. The fourth-order valence-corrected chi connectivity index (χ4v) is 8.01. The van der Waals surface area contributed by atoms with E-state index in [4.69, 9.17) is 48.7 Å². The van der Waals surface area contributed by atoms with Crippen molar-refractivity contribution in [1.29, 1.82) is 0 Å². The monoisotopic (exact) mass is 1010 g/mol. The number of ether oxygens (including phenoxy) is 6. The average molecular weight is 1010 g/mol. The smallest absolute Gasteiger partial charge is 0.474 e. The number of nitrogens with zero attached hydrogens (tertiary/aromatic N) is 3. The summed E-state index contributed by atoms with van der Waals surface area (Å²) in [5.41, 5.74) is 17.3. The van der Waals surface area contributed by atoms with Crippen molar-refractivity contribution in [2.75, 3.05) is 33.0 Å². The Morgan fingerprint density at radius 1 is 0.783 bits per heavy atom. The highest BCUT2D eigenvalue weighted by Crippen LogP contribution is 2.47. The Hall–Kier alpha value is -4.00. The fraction of sp³-hybridized carbons (Fsp3) is 0.750. The van der Waals surface area contributed by atoms with E-state index in [0.29, 0.717) is 6.42 Å². The number of aliphatic hydroxyl groups is 7. The minimum absolute atomic E-state index is 0.237. The zero-order valence-electron chi connectivity index (χ0n) is 38.5. The molecular formula is C40H65N6O22P. The summed E-state index contributed by atoms with van der Waals surface area (Å²) in [5.74, 6) is -4.88. The molecule has 0 aromatic carbocycles. The van der Waals surface area contributed by atoms with Gasteiger partial charge in [-0.2, -0.15) is 0 Å². The standard InChI is InChI=1S/C40H65N6O22P/c1-18(2)8-6-9-19(3)10-7-11-20(4)12-13-61-24(37(57)58)17-62-69(59,60)68-40-35(32(55)31(54)34(66-40)36(41)56)67-39-27(44-21(5)49)30(53)33(23(16-48)64-39)65-38-26(45-25(50)14-43-46-42)29(52)28(51)22(15-47)63-38/h8,10,12,22-24,26-35,38-40,47-48,51-55H,6-7,9,11,13-17H2,1-5H3,(H2,41,56)(H,44,49)(H,45,50)(H,57,58)(H,59,60)/b19-10+,20-12-/t22?,23?,24-,26+,27+,28+,29?,30?,31-,32+,33-,34?,35?,38+,39+,40-/m1/s1. The van der Waals surface area contributed by atoms with Gasteiger partial charge in [0.1, 0.15) is 73.6 Å². The van der Waals surface area contributed by atoms with Crippen LogP contribution < -0.4 is 16.4 Å². The molecule has 3 aliphatic heterocycles. The summed E-state index contributed by atoms with van der Waals surface area (Å²) in [4.78, 5) is 62.4. The van der Waals surface area contributed by atoms with E-state index in [-0.39, 0.29) is 6.61 Å². The van der Waals surface area contributed by atoms with Crippen molar-refractivity contribution in [3.05, 3.63) is 45.4 Å². The number of aliphatic carboxylic acids is 1. The molecular weight excluding hydrogens is 947 g/mol. The highest BCUT2D eigenvalue weighted by Gasteiger charge is 2.56. The fourth-order valence-electron chi connectivity index (χ4n) is 7.19. The zero-order valence-corrected chi connectivity index (χ0v) is 39.4. The molecule has 3 rings (SSSR count). The average Bonchev–Trinajstić information content (AvgIpc) is 3.27. The maximum absolute atomic E-state index is 13.4. The first-order chi connectivity index (χ1) is 32.4. The Bertz CT molecular complexity index is 1920. The Balaban J connectivity index is 1.82. The van der Waals surface area contributed by atoms with Crippen LogP contribution in [0.3, 0.4) is 0 Å². The Morgan fingerprint density at radius 2 is 1.36 bits per heavy atom. The first-order valence-electron chi connectivity index (χ1n) is 21.7. The molecule has 29 heteroatoms. The topological polar surface area (TPSA) is 440 Å². The third kappa shape index (κ3) is 18.0. The lowest BCUT2D eigenvalue weighted by molar-refractivity contribution is -0.358. The molecule has 3 heterocycles. The van der Waals surface area contributed by atoms with Crippen LogP contribution in [0.5, 0.6) is 0 Å². The maximum atomic E-state index is 13.4. The molecule has 13 N–H and O–H groups in total. The largest absolute Gasteiger partial charge is 0.479 e. The molecule has 0 aromatic rings. The van der Waals surface area contributed by atoms with Gasteiger partial charge in [-0.3, -0.25) is 23.4 Å². The minimum atomic E-state index is -5.54. The van der Waals surface area contributed by atoms with Crippen LogP contribution in [0, 0.1) is 0 Å². The van der Waals surface area contributed by atoms with Crippen LogP contribution in [-0.2, 0) is 61.2 Å². The van der Waals surface area contributed by atoms with Gasteiger partial charge in [-0.25, -0.2) is 9.36 Å². The molecule has 0 aliphatic carbocycles. The number of amides is 3. The van der Waals surface area contributed by atoms with Crippen LogP contribution >= 0.6 is 7.82 Å². The normalized spacial score (nSPS) is 33.3. The molecule has 28 nitrogen and oxygen atoms in total. The van der Waals surface area contributed by atoms with E-state index in [1.807, 2.05) is 27.7 Å². The van der Waals surface area contributed by atoms with Crippen LogP contribution in [-0.4, -0.2) is 201 Å². The van der Waals surface area contributed by atoms with Crippen LogP contribution in [0.1, 0.15) is 60.3 Å². The van der Waals surface area contributed by atoms with E-state index in [1.165, 1.54) is 11.1 Å². The quantitative estimate of drug-likeness (QED) is 0.0140. The Labute approximate surface area is 396 Å². The molecule has 3 amide bonds. The first-order valence-corrected chi connectivity index (χ1v) is 23.1. The van der Waals surface area contributed by atoms with Crippen molar-refractivity contribution < 1.29 is 107 Å². The number of phosphoric acid groups is 1. The predicted octanol–water partition coefficient (Wildman–Crippen LogP) is -2.47. The number of hydrogen-bond donors (Lipinski definition) is 12. The van der Waals surface area contributed by atoms with Gasteiger partial charge in [0.05, 0.1) is 26.4 Å². The van der Waals surface area contributed by atoms with E-state index in [1.54, 1.807) is 6.08 Å². The summed E-state index contributed by atoms with van der Waals surface area (Å²) in [6.45, 7) is 4.78. The second kappa shape index (κ2) is 28.1. The van der Waals surface area contributed by atoms with Gasteiger partial charge in [0.15, 0.2) is 31.1 Å². The Morgan fingerprint density at radius 3 is 1.93 bits per heavy atom. The lowest BCUT2D eigenvalue weighted by Gasteiger charge is -2.49. The zero-order chi connectivity index (χ0) is 51.7. The van der Waals surface area contributed by atoms with Crippen molar-refractivity contribution in [3.63, 3.8) is 0 Å². The van der Waals surface area contributed by atoms with Gasteiger partial charge >= 0.3 is 13.8 Å². The summed E-state index contributed by atoms with van der Waals surface area (Å²) in [6.07, 6.45) is -19.1. The first kappa shape index (κ1) is 59.3. The van der Waals surface area contributed by atoms with Gasteiger partial charge in [-0.05, 0) is 58.9 Å². The SMILES string of the molecule is CC(=O)N[C@H]1C(O)[C@H](O[C@@H]2OC(CO)[C@H](O)C(O)[C@@H]2NC(=O)CN=[N+]=[N-])C(CO)O[C@H]1OC1[C@@H](OP(=O)(O)OC[C@@H](OC/C=C(/C)CC/C=C(\C)CCC=C(C)C)C(=O)O)OC(C(N)=O)[C@H](O)[C@@H]1O. The summed E-state index contributed by atoms with van der Waals surface area (Å²) in [6, 6.07) is -3.54. The van der Waals surface area contributed by atoms with Crippen LogP contribution in [0.15, 0.2) is 40.1 Å². The summed E-state index contributed by atoms with van der Waals surface area (Å²) in [7, 11) is -5.54. The van der Waals surface area contributed by atoms with Gasteiger partial charge in [-0.15, -0.1) is 0 Å². The van der Waals surface area contributed by atoms with Crippen molar-refractivity contribution in [2.45, 2.75) is 158 Å². The van der Waals surface area contributed by atoms with Crippen LogP contribution in [0.25, 0.3) is 10.4 Å². The number of carbonyl (C=O) groups is 4. The summed E-state index contributed by atoms with van der Waals surface area (Å²) < 4.78 is 57.1. The summed E-state index contributed by atoms with van der Waals surface area (Å²) >= 11 is 0. The van der Waals surface area contributed by atoms with Crippen LogP contribution in [0.2, 0.25) is 0 Å². The van der Waals surface area contributed by atoms with Gasteiger partial charge in [0.25, 0.3) is 0 Å². The number of primary amides is 1. The van der Waals surface area contributed by atoms with E-state index in [0.717, 1.165) is 31.8 Å². The molecule has 392 valence electrons. The number of aliphatic hydroxyl groups excluding tert-OH is 7. The van der Waals surface area contributed by atoms with E-state index in [2.05, 4.69) is 32.8 Å². The number of nitrogens with one attached hydrogen (secondary N) is 2. The van der Waals surface area contributed by atoms with E-state index in [9.17, 15) is 69.5 Å². The second-order valence-electron chi connectivity index (χ2n) is 16.6. The molecule has 7 unspecified atom stereocenters. The molecule has 0 saturated carbocycles. The van der Waals surface area contributed by atoms with Crippen molar-refractivity contribution >= 4 is 31.5 Å². The van der Waals surface area contributed by atoms with Crippen molar-refractivity contribution in [3.8, 4) is 0 Å². The molecule has 3 aliphatic rings. The lowest BCUT2D eigenvalue weighted by Crippen LogP contribution is -2.70. The number of hydrogen-bond acceptors (Lipinski definition) is 21. The maximum Gasteiger partial charge on any atom is 0.474 e. The van der Waals surface area contributed by atoms with Gasteiger partial charge in [0, 0.05) is 11.8 Å². The number of carbonyl (C=O) groups excluding carboxylic acids is 3. The van der Waals surface area contributed by atoms with Gasteiger partial charge in [-0.1, -0.05) is 40.1 Å². The highest BCUT2D eigenvalue weighted by molar-refractivity contribution is 7.47. The van der Waals surface area contributed by atoms with Crippen LogP contribution in [0.4, 0.5) is 0 Å². The number of allylic oxidation sites excluding steroid dienone is 5. The molecule has 0 spiro atoms. The van der Waals surface area contributed by atoms with Crippen molar-refractivity contribution in [1.82, 2.24) is 10.6 Å². The number of nitrogens with two attached hydrogens (primary N) is 1. The number of carboxylic acid groups (broad SMARTS) is 1. The molecule has 3 saturated heterocycles. The summed E-state index contributed by atoms with van der Waals surface area (Å²) in [5, 5.41) is 92.7. The van der Waals surface area contributed by atoms with E-state index >= 15 is 0 Å². The number of azide groups is 1. The molecule has 0 aromatic heterocycles. The number of carboxylic acids is 1.